The SMILES string of the molecule is COCC1(F)CCN(Cc2cc(C(F)(F)F)cc(Cl)c2F)CC1. The summed E-state index contributed by atoms with van der Waals surface area (Å²) in [5, 5.41) is -0.564. The van der Waals surface area contributed by atoms with Gasteiger partial charge in [-0.3, -0.25) is 4.90 Å². The lowest BCUT2D eigenvalue weighted by atomic mass is 9.94. The molecule has 0 atom stereocenters. The highest BCUT2D eigenvalue weighted by Crippen LogP contribution is 2.34. The Kier molecular flexibility index (Phi) is 5.53. The molecular weight excluding hydrogens is 341 g/mol. The van der Waals surface area contributed by atoms with Crippen molar-refractivity contribution in [3.05, 3.63) is 34.1 Å². The molecule has 1 fully saturated rings. The molecule has 1 aliphatic heterocycles. The van der Waals surface area contributed by atoms with E-state index in [0.29, 0.717) is 19.2 Å². The molecule has 23 heavy (non-hydrogen) atoms. The van der Waals surface area contributed by atoms with Crippen molar-refractivity contribution in [2.45, 2.75) is 31.2 Å². The normalized spacial score (nSPS) is 19.1. The Labute approximate surface area is 136 Å². The van der Waals surface area contributed by atoms with Gasteiger partial charge in [0.2, 0.25) is 0 Å². The molecule has 2 rings (SSSR count). The molecule has 8 heteroatoms. The number of piperidine rings is 1. The number of benzene rings is 1. The first-order chi connectivity index (χ1) is 10.6. The van der Waals surface area contributed by atoms with Crippen molar-refractivity contribution >= 4 is 11.6 Å². The third kappa shape index (κ3) is 4.55. The van der Waals surface area contributed by atoms with E-state index in [4.69, 9.17) is 16.3 Å². The molecule has 1 aliphatic rings. The van der Waals surface area contributed by atoms with Gasteiger partial charge in [-0.2, -0.15) is 13.2 Å². The molecule has 1 aromatic carbocycles. The fourth-order valence-electron chi connectivity index (χ4n) is 2.68. The summed E-state index contributed by atoms with van der Waals surface area (Å²) in [6, 6.07) is 1.33. The molecule has 130 valence electrons. The number of alkyl halides is 4. The molecular formula is C15H17ClF5NO. The van der Waals surface area contributed by atoms with E-state index in [2.05, 4.69) is 0 Å². The summed E-state index contributed by atoms with van der Waals surface area (Å²) in [5.41, 5.74) is -2.56. The van der Waals surface area contributed by atoms with Crippen LogP contribution >= 0.6 is 11.6 Å². The summed E-state index contributed by atoms with van der Waals surface area (Å²) < 4.78 is 71.4. The molecule has 1 saturated heterocycles. The minimum absolute atomic E-state index is 0.0232. The van der Waals surface area contributed by atoms with E-state index in [1.165, 1.54) is 7.11 Å². The number of halogens is 6. The second-order valence-electron chi connectivity index (χ2n) is 5.79. The molecule has 0 saturated carbocycles. The highest BCUT2D eigenvalue weighted by molar-refractivity contribution is 6.30. The van der Waals surface area contributed by atoms with Crippen LogP contribution in [0.15, 0.2) is 12.1 Å². The zero-order chi connectivity index (χ0) is 17.3. The Morgan fingerprint density at radius 3 is 2.39 bits per heavy atom. The topological polar surface area (TPSA) is 12.5 Å². The van der Waals surface area contributed by atoms with E-state index in [1.807, 2.05) is 0 Å². The average molecular weight is 358 g/mol. The zero-order valence-corrected chi connectivity index (χ0v) is 13.3. The van der Waals surface area contributed by atoms with E-state index in [9.17, 15) is 22.0 Å². The highest BCUT2D eigenvalue weighted by atomic mass is 35.5. The third-order valence-corrected chi connectivity index (χ3v) is 4.26. The Morgan fingerprint density at radius 2 is 1.87 bits per heavy atom. The van der Waals surface area contributed by atoms with Gasteiger partial charge >= 0.3 is 6.18 Å². The maximum absolute atomic E-state index is 14.3. The molecule has 0 amide bonds. The number of likely N-dealkylation sites (tertiary alicyclic amines) is 1. The largest absolute Gasteiger partial charge is 0.416 e. The van der Waals surface area contributed by atoms with E-state index < -0.39 is 28.2 Å². The van der Waals surface area contributed by atoms with Crippen LogP contribution in [0.3, 0.4) is 0 Å². The van der Waals surface area contributed by atoms with Gasteiger partial charge < -0.3 is 4.74 Å². The summed E-state index contributed by atoms with van der Waals surface area (Å²) >= 11 is 5.56. The van der Waals surface area contributed by atoms with Gasteiger partial charge in [0, 0.05) is 32.3 Å². The van der Waals surface area contributed by atoms with Crippen molar-refractivity contribution in [3.63, 3.8) is 0 Å². The standard InChI is InChI=1S/C15H17ClF5NO/c1-23-9-14(18)2-4-22(5-3-14)8-10-6-11(15(19,20)21)7-12(16)13(10)17/h6-7H,2-5,8-9H2,1H3. The highest BCUT2D eigenvalue weighted by Gasteiger charge is 2.36. The van der Waals surface area contributed by atoms with Crippen molar-refractivity contribution in [1.82, 2.24) is 4.90 Å². The summed E-state index contributed by atoms with van der Waals surface area (Å²) in [7, 11) is 1.41. The molecule has 0 aliphatic carbocycles. The molecule has 0 radical (unpaired) electrons. The van der Waals surface area contributed by atoms with E-state index >= 15 is 0 Å². The first-order valence-electron chi connectivity index (χ1n) is 7.10. The smallest absolute Gasteiger partial charge is 0.381 e. The second-order valence-corrected chi connectivity index (χ2v) is 6.20. The van der Waals surface area contributed by atoms with Crippen LogP contribution in [0.5, 0.6) is 0 Å². The quantitative estimate of drug-likeness (QED) is 0.738. The van der Waals surface area contributed by atoms with Crippen LogP contribution in [-0.2, 0) is 17.5 Å². The average Bonchev–Trinajstić information content (AvgIpc) is 2.45. The van der Waals surface area contributed by atoms with Gasteiger partial charge in [-0.25, -0.2) is 8.78 Å². The predicted octanol–water partition coefficient (Wildman–Crippen LogP) is 4.45. The Bertz CT molecular complexity index is 556. The summed E-state index contributed by atoms with van der Waals surface area (Å²) in [4.78, 5) is 1.71. The van der Waals surface area contributed by atoms with Crippen LogP contribution in [0.2, 0.25) is 5.02 Å². The minimum atomic E-state index is -4.60. The van der Waals surface area contributed by atoms with Crippen LogP contribution in [0.25, 0.3) is 0 Å². The van der Waals surface area contributed by atoms with E-state index in [0.717, 1.165) is 6.07 Å². The lowest BCUT2D eigenvalue weighted by molar-refractivity contribution is -0.137. The predicted molar refractivity (Wildman–Crippen MR) is 76.6 cm³/mol. The Morgan fingerprint density at radius 1 is 1.26 bits per heavy atom. The maximum Gasteiger partial charge on any atom is 0.416 e. The Hall–Kier alpha value is -0.920. The number of hydrogen-bond donors (Lipinski definition) is 0. The van der Waals surface area contributed by atoms with Crippen LogP contribution in [0.1, 0.15) is 24.0 Å². The number of nitrogens with zero attached hydrogens (tertiary/aromatic N) is 1. The fraction of sp³-hybridized carbons (Fsp3) is 0.600. The zero-order valence-electron chi connectivity index (χ0n) is 12.5. The first-order valence-corrected chi connectivity index (χ1v) is 7.48. The molecule has 0 spiro atoms. The molecule has 2 nitrogen and oxygen atoms in total. The van der Waals surface area contributed by atoms with Crippen molar-refractivity contribution in [2.24, 2.45) is 0 Å². The van der Waals surface area contributed by atoms with Crippen molar-refractivity contribution < 1.29 is 26.7 Å². The van der Waals surface area contributed by atoms with Crippen molar-refractivity contribution in [2.75, 3.05) is 26.8 Å². The van der Waals surface area contributed by atoms with E-state index in [1.54, 1.807) is 4.90 Å². The lowest BCUT2D eigenvalue weighted by Gasteiger charge is -2.36. The second kappa shape index (κ2) is 6.91. The molecule has 0 aromatic heterocycles. The first kappa shape index (κ1) is 18.4. The molecule has 1 heterocycles. The van der Waals surface area contributed by atoms with Crippen LogP contribution in [0.4, 0.5) is 22.0 Å². The van der Waals surface area contributed by atoms with Crippen LogP contribution in [-0.4, -0.2) is 37.4 Å². The monoisotopic (exact) mass is 357 g/mol. The summed E-state index contributed by atoms with van der Waals surface area (Å²) in [6.07, 6.45) is -4.22. The number of hydrogen-bond acceptors (Lipinski definition) is 2. The van der Waals surface area contributed by atoms with Gasteiger partial charge in [-0.05, 0) is 25.0 Å². The molecule has 0 unspecified atom stereocenters. The number of ether oxygens (including phenoxy) is 1. The summed E-state index contributed by atoms with van der Waals surface area (Å²) in [6.45, 7) is 0.559. The van der Waals surface area contributed by atoms with Gasteiger partial charge in [0.1, 0.15) is 11.5 Å². The van der Waals surface area contributed by atoms with Gasteiger partial charge in [0.25, 0.3) is 0 Å². The van der Waals surface area contributed by atoms with Crippen molar-refractivity contribution in [3.8, 4) is 0 Å². The van der Waals surface area contributed by atoms with Crippen LogP contribution < -0.4 is 0 Å². The number of methoxy groups -OCH3 is 1. The minimum Gasteiger partial charge on any atom is -0.381 e. The summed E-state index contributed by atoms with van der Waals surface area (Å²) in [5.74, 6) is -0.867. The number of rotatable bonds is 4. The Balaban J connectivity index is 2.11. The van der Waals surface area contributed by atoms with E-state index in [-0.39, 0.29) is 31.6 Å². The van der Waals surface area contributed by atoms with Gasteiger partial charge in [0.05, 0.1) is 17.2 Å². The fourth-order valence-corrected chi connectivity index (χ4v) is 2.92. The van der Waals surface area contributed by atoms with Gasteiger partial charge in [0.15, 0.2) is 0 Å². The van der Waals surface area contributed by atoms with Gasteiger partial charge in [-0.1, -0.05) is 11.6 Å². The molecule has 0 bridgehead atoms. The van der Waals surface area contributed by atoms with Gasteiger partial charge in [-0.15, -0.1) is 0 Å². The molecule has 0 N–H and O–H groups in total. The van der Waals surface area contributed by atoms with Crippen molar-refractivity contribution in [1.29, 1.82) is 0 Å². The third-order valence-electron chi connectivity index (χ3n) is 3.98. The molecule has 1 aromatic rings. The van der Waals surface area contributed by atoms with Crippen LogP contribution in [0, 0.1) is 5.82 Å². The lowest BCUT2D eigenvalue weighted by Crippen LogP contribution is -2.43. The maximum atomic E-state index is 14.3.